The summed E-state index contributed by atoms with van der Waals surface area (Å²) in [5.41, 5.74) is 8.22. The molecule has 0 aliphatic carbocycles. The monoisotopic (exact) mass is 190 g/mol. The molecule has 0 atom stereocenters. The topological polar surface area (TPSA) is 61.7 Å². The standard InChI is InChI=1S/C9H7FN4/c10-9-8(5-3-6-12-9)4-1-2-7-13-14-11/h3,5-6H,2,7H2. The first-order chi connectivity index (χ1) is 6.84. The predicted molar refractivity (Wildman–Crippen MR) is 49.7 cm³/mol. The summed E-state index contributed by atoms with van der Waals surface area (Å²) in [5.74, 6) is 4.70. The van der Waals surface area contributed by atoms with Crippen LogP contribution in [0.15, 0.2) is 23.4 Å². The van der Waals surface area contributed by atoms with E-state index in [1.165, 1.54) is 6.20 Å². The van der Waals surface area contributed by atoms with E-state index in [0.717, 1.165) is 0 Å². The van der Waals surface area contributed by atoms with Crippen LogP contribution in [0, 0.1) is 17.8 Å². The van der Waals surface area contributed by atoms with E-state index in [4.69, 9.17) is 5.53 Å². The fourth-order valence-corrected chi connectivity index (χ4v) is 0.788. The molecule has 0 aliphatic heterocycles. The third kappa shape index (κ3) is 3.13. The summed E-state index contributed by atoms with van der Waals surface area (Å²) in [4.78, 5) is 6.01. The van der Waals surface area contributed by atoms with E-state index in [0.29, 0.717) is 13.0 Å². The van der Waals surface area contributed by atoms with Gasteiger partial charge >= 0.3 is 0 Å². The van der Waals surface area contributed by atoms with Crippen LogP contribution in [0.3, 0.4) is 0 Å². The molecule has 0 bridgehead atoms. The largest absolute Gasteiger partial charge is 0.228 e. The van der Waals surface area contributed by atoms with Crippen LogP contribution in [0.1, 0.15) is 12.0 Å². The van der Waals surface area contributed by atoms with E-state index in [2.05, 4.69) is 26.9 Å². The third-order valence-electron chi connectivity index (χ3n) is 1.38. The van der Waals surface area contributed by atoms with Crippen LogP contribution in [-0.2, 0) is 0 Å². The fourth-order valence-electron chi connectivity index (χ4n) is 0.788. The number of pyridine rings is 1. The lowest BCUT2D eigenvalue weighted by Gasteiger charge is -1.89. The van der Waals surface area contributed by atoms with Crippen molar-refractivity contribution in [1.82, 2.24) is 4.98 Å². The van der Waals surface area contributed by atoms with Crippen LogP contribution < -0.4 is 0 Å². The van der Waals surface area contributed by atoms with Crippen molar-refractivity contribution in [2.75, 3.05) is 6.54 Å². The zero-order chi connectivity index (χ0) is 10.2. The fraction of sp³-hybridized carbons (Fsp3) is 0.222. The van der Waals surface area contributed by atoms with Gasteiger partial charge in [0.15, 0.2) is 0 Å². The summed E-state index contributed by atoms with van der Waals surface area (Å²) in [6.45, 7) is 0.297. The van der Waals surface area contributed by atoms with E-state index >= 15 is 0 Å². The smallest absolute Gasteiger partial charge is 0.227 e. The first-order valence-corrected chi connectivity index (χ1v) is 3.95. The Kier molecular flexibility index (Phi) is 3.99. The molecule has 1 aromatic rings. The highest BCUT2D eigenvalue weighted by atomic mass is 19.1. The molecule has 0 N–H and O–H groups in total. The summed E-state index contributed by atoms with van der Waals surface area (Å²) in [7, 11) is 0. The maximum absolute atomic E-state index is 12.9. The molecule has 0 fully saturated rings. The normalized spacial score (nSPS) is 8.36. The third-order valence-corrected chi connectivity index (χ3v) is 1.38. The molecule has 70 valence electrons. The highest BCUT2D eigenvalue weighted by Crippen LogP contribution is 1.99. The summed E-state index contributed by atoms with van der Waals surface area (Å²) in [6.07, 6.45) is 1.78. The van der Waals surface area contributed by atoms with Crippen molar-refractivity contribution in [2.45, 2.75) is 6.42 Å². The minimum atomic E-state index is -0.580. The zero-order valence-corrected chi connectivity index (χ0v) is 7.31. The van der Waals surface area contributed by atoms with Gasteiger partial charge in [0.2, 0.25) is 5.95 Å². The van der Waals surface area contributed by atoms with E-state index in [1.54, 1.807) is 12.1 Å². The van der Waals surface area contributed by atoms with E-state index in [9.17, 15) is 4.39 Å². The SMILES string of the molecule is [N-]=[N+]=NCCC#Cc1cccnc1F. The molecule has 1 aromatic heterocycles. The average Bonchev–Trinajstić information content (AvgIpc) is 2.20. The van der Waals surface area contributed by atoms with Crippen LogP contribution in [0.25, 0.3) is 10.4 Å². The zero-order valence-electron chi connectivity index (χ0n) is 7.31. The van der Waals surface area contributed by atoms with Crippen molar-refractivity contribution in [3.05, 3.63) is 40.3 Å². The number of hydrogen-bond acceptors (Lipinski definition) is 2. The highest BCUT2D eigenvalue weighted by molar-refractivity contribution is 5.32. The second-order valence-electron chi connectivity index (χ2n) is 2.35. The van der Waals surface area contributed by atoms with E-state index < -0.39 is 5.95 Å². The summed E-state index contributed by atoms with van der Waals surface area (Å²) >= 11 is 0. The Balaban J connectivity index is 2.59. The Labute approximate surface area is 80.4 Å². The Morgan fingerprint density at radius 2 is 2.50 bits per heavy atom. The van der Waals surface area contributed by atoms with Crippen LogP contribution in [-0.4, -0.2) is 11.5 Å². The lowest BCUT2D eigenvalue weighted by molar-refractivity contribution is 0.580. The molecule has 1 rings (SSSR count). The van der Waals surface area contributed by atoms with Crippen LogP contribution in [0.2, 0.25) is 0 Å². The van der Waals surface area contributed by atoms with Crippen molar-refractivity contribution in [2.24, 2.45) is 5.11 Å². The number of rotatable bonds is 2. The minimum absolute atomic E-state index is 0.258. The molecule has 1 heterocycles. The van der Waals surface area contributed by atoms with Gasteiger partial charge in [-0.3, -0.25) is 0 Å². The van der Waals surface area contributed by atoms with Gasteiger partial charge in [-0.1, -0.05) is 17.0 Å². The summed E-state index contributed by atoms with van der Waals surface area (Å²) in [5, 5.41) is 3.29. The molecule has 0 saturated heterocycles. The Bertz CT molecular complexity index is 412. The first-order valence-electron chi connectivity index (χ1n) is 3.95. The van der Waals surface area contributed by atoms with E-state index in [1.807, 2.05) is 0 Å². The molecule has 14 heavy (non-hydrogen) atoms. The minimum Gasteiger partial charge on any atom is -0.227 e. The van der Waals surface area contributed by atoms with Gasteiger partial charge in [0, 0.05) is 24.1 Å². The Hall–Kier alpha value is -2.05. The number of nitrogens with zero attached hydrogens (tertiary/aromatic N) is 4. The van der Waals surface area contributed by atoms with Crippen molar-refractivity contribution < 1.29 is 4.39 Å². The van der Waals surface area contributed by atoms with Crippen molar-refractivity contribution in [3.8, 4) is 11.8 Å². The van der Waals surface area contributed by atoms with Crippen LogP contribution >= 0.6 is 0 Å². The summed E-state index contributed by atoms with van der Waals surface area (Å²) < 4.78 is 12.9. The number of halogens is 1. The lowest BCUT2D eigenvalue weighted by atomic mass is 10.2. The quantitative estimate of drug-likeness (QED) is 0.176. The number of hydrogen-bond donors (Lipinski definition) is 0. The number of azide groups is 1. The van der Waals surface area contributed by atoms with Crippen molar-refractivity contribution in [3.63, 3.8) is 0 Å². The second kappa shape index (κ2) is 5.57. The molecule has 0 unspecified atom stereocenters. The van der Waals surface area contributed by atoms with Gasteiger partial charge in [0.25, 0.3) is 0 Å². The molecule has 0 radical (unpaired) electrons. The first kappa shape index (κ1) is 10.0. The maximum Gasteiger partial charge on any atom is 0.228 e. The van der Waals surface area contributed by atoms with E-state index in [-0.39, 0.29) is 5.56 Å². The molecule has 4 nitrogen and oxygen atoms in total. The molecule has 5 heteroatoms. The van der Waals surface area contributed by atoms with Gasteiger partial charge in [-0.2, -0.15) is 4.39 Å². The summed E-state index contributed by atoms with van der Waals surface area (Å²) in [6, 6.07) is 3.16. The lowest BCUT2D eigenvalue weighted by Crippen LogP contribution is -1.86. The molecule has 0 aromatic carbocycles. The van der Waals surface area contributed by atoms with Gasteiger partial charge < -0.3 is 0 Å². The molecular formula is C9H7FN4. The maximum atomic E-state index is 12.9. The van der Waals surface area contributed by atoms with Crippen LogP contribution in [0.4, 0.5) is 4.39 Å². The van der Waals surface area contributed by atoms with Crippen molar-refractivity contribution in [1.29, 1.82) is 0 Å². The average molecular weight is 190 g/mol. The second-order valence-corrected chi connectivity index (χ2v) is 2.35. The molecule has 0 spiro atoms. The van der Waals surface area contributed by atoms with Gasteiger partial charge in [-0.05, 0) is 17.7 Å². The van der Waals surface area contributed by atoms with Gasteiger partial charge in [0.1, 0.15) is 0 Å². The van der Waals surface area contributed by atoms with Gasteiger partial charge in [-0.25, -0.2) is 4.98 Å². The predicted octanol–water partition coefficient (Wildman–Crippen LogP) is 2.27. The van der Waals surface area contributed by atoms with Gasteiger partial charge in [0.05, 0.1) is 5.56 Å². The van der Waals surface area contributed by atoms with Crippen molar-refractivity contribution >= 4 is 0 Å². The molecule has 0 saturated carbocycles. The van der Waals surface area contributed by atoms with Gasteiger partial charge in [-0.15, -0.1) is 0 Å². The highest BCUT2D eigenvalue weighted by Gasteiger charge is 1.95. The molecule has 0 amide bonds. The van der Waals surface area contributed by atoms with Crippen LogP contribution in [0.5, 0.6) is 0 Å². The molecule has 0 aliphatic rings. The Morgan fingerprint density at radius 1 is 1.64 bits per heavy atom. The molecular weight excluding hydrogens is 183 g/mol. The number of aromatic nitrogens is 1. The Morgan fingerprint density at radius 3 is 3.21 bits per heavy atom.